The fourth-order valence-corrected chi connectivity index (χ4v) is 3.31. The Morgan fingerprint density at radius 2 is 1.35 bits per heavy atom. The Kier molecular flexibility index (Phi) is 6.55. The predicted molar refractivity (Wildman–Crippen MR) is 116 cm³/mol. The molecule has 7 nitrogen and oxygen atoms in total. The van der Waals surface area contributed by atoms with Gasteiger partial charge in [0.05, 0.1) is 35.5 Å². The lowest BCUT2D eigenvalue weighted by atomic mass is 9.93. The quantitative estimate of drug-likeness (QED) is 0.539. The second-order valence-corrected chi connectivity index (χ2v) is 6.54. The first-order valence-electron chi connectivity index (χ1n) is 9.37. The zero-order chi connectivity index (χ0) is 22.5. The van der Waals surface area contributed by atoms with E-state index in [1.54, 1.807) is 55.6 Å². The van der Waals surface area contributed by atoms with Crippen LogP contribution in [0, 0.1) is 0 Å². The number of carbonyl (C=O) groups excluding carboxylic acids is 1. The smallest absolute Gasteiger partial charge is 0.203 e. The average molecular weight is 424 g/mol. The molecule has 0 saturated heterocycles. The lowest BCUT2D eigenvalue weighted by molar-refractivity contribution is 0.103. The van der Waals surface area contributed by atoms with Crippen LogP contribution in [-0.4, -0.2) is 46.4 Å². The molecule has 31 heavy (non-hydrogen) atoms. The summed E-state index contributed by atoms with van der Waals surface area (Å²) in [5.41, 5.74) is 2.00. The van der Waals surface area contributed by atoms with Gasteiger partial charge >= 0.3 is 0 Å². The number of methoxy groups -OCH3 is 5. The van der Waals surface area contributed by atoms with E-state index in [2.05, 4.69) is 0 Å². The molecule has 0 bridgehead atoms. The molecule has 1 N–H and O–H groups in total. The molecule has 7 heteroatoms. The van der Waals surface area contributed by atoms with Gasteiger partial charge in [-0.25, -0.2) is 0 Å². The average Bonchev–Trinajstić information content (AvgIpc) is 2.81. The lowest BCUT2D eigenvalue weighted by Crippen LogP contribution is -2.06. The molecule has 3 aromatic rings. The number of hydrogen-bond acceptors (Lipinski definition) is 7. The van der Waals surface area contributed by atoms with E-state index in [0.29, 0.717) is 51.0 Å². The first kappa shape index (κ1) is 21.8. The van der Waals surface area contributed by atoms with Gasteiger partial charge in [0.25, 0.3) is 0 Å². The van der Waals surface area contributed by atoms with Crippen molar-refractivity contribution < 1.29 is 33.6 Å². The highest BCUT2D eigenvalue weighted by atomic mass is 16.5. The summed E-state index contributed by atoms with van der Waals surface area (Å²) < 4.78 is 26.5. The van der Waals surface area contributed by atoms with Crippen LogP contribution < -0.4 is 23.7 Å². The molecule has 0 heterocycles. The maximum atomic E-state index is 13.5. The van der Waals surface area contributed by atoms with E-state index in [9.17, 15) is 9.90 Å². The molecule has 0 saturated carbocycles. The van der Waals surface area contributed by atoms with Crippen molar-refractivity contribution in [1.29, 1.82) is 0 Å². The van der Waals surface area contributed by atoms with Crippen LogP contribution in [0.15, 0.2) is 48.5 Å². The number of benzene rings is 3. The van der Waals surface area contributed by atoms with E-state index in [4.69, 9.17) is 23.7 Å². The SMILES string of the molecule is COc1ccc(C(=O)c2cc(OC)c(OC)c(OC)c2)c(-c2ccc(OC)c(O)c2)c1. The molecule has 0 aliphatic heterocycles. The van der Waals surface area contributed by atoms with E-state index in [0.717, 1.165) is 0 Å². The molecule has 3 aromatic carbocycles. The van der Waals surface area contributed by atoms with Crippen LogP contribution in [0.4, 0.5) is 0 Å². The van der Waals surface area contributed by atoms with E-state index in [1.165, 1.54) is 28.4 Å². The molecular formula is C24H24O7. The topological polar surface area (TPSA) is 83.5 Å². The number of rotatable bonds is 8. The van der Waals surface area contributed by atoms with E-state index in [1.807, 2.05) is 0 Å². The minimum absolute atomic E-state index is 0.0333. The summed E-state index contributed by atoms with van der Waals surface area (Å²) in [5, 5.41) is 10.2. The largest absolute Gasteiger partial charge is 0.504 e. The molecule has 0 spiro atoms. The zero-order valence-corrected chi connectivity index (χ0v) is 18.0. The van der Waals surface area contributed by atoms with Gasteiger partial charge in [0.2, 0.25) is 5.75 Å². The Morgan fingerprint density at radius 1 is 0.710 bits per heavy atom. The molecule has 0 atom stereocenters. The Balaban J connectivity index is 2.17. The fraction of sp³-hybridized carbons (Fsp3) is 0.208. The Morgan fingerprint density at radius 3 is 1.87 bits per heavy atom. The molecule has 162 valence electrons. The zero-order valence-electron chi connectivity index (χ0n) is 18.0. The van der Waals surface area contributed by atoms with E-state index in [-0.39, 0.29) is 11.5 Å². The van der Waals surface area contributed by atoms with E-state index >= 15 is 0 Å². The van der Waals surface area contributed by atoms with Crippen molar-refractivity contribution in [3.63, 3.8) is 0 Å². The molecule has 0 fully saturated rings. The molecule has 0 aliphatic carbocycles. The van der Waals surface area contributed by atoms with Crippen molar-refractivity contribution >= 4 is 5.78 Å². The van der Waals surface area contributed by atoms with Crippen molar-refractivity contribution in [3.8, 4) is 45.6 Å². The third-order valence-corrected chi connectivity index (χ3v) is 4.89. The number of aromatic hydroxyl groups is 1. The summed E-state index contributed by atoms with van der Waals surface area (Å²) >= 11 is 0. The van der Waals surface area contributed by atoms with Gasteiger partial charge in [0, 0.05) is 11.1 Å². The first-order chi connectivity index (χ1) is 15.0. The van der Waals surface area contributed by atoms with Gasteiger partial charge in [-0.2, -0.15) is 0 Å². The number of phenols is 1. The first-order valence-corrected chi connectivity index (χ1v) is 9.37. The van der Waals surface area contributed by atoms with Crippen LogP contribution in [0.5, 0.6) is 34.5 Å². The third-order valence-electron chi connectivity index (χ3n) is 4.89. The Hall–Kier alpha value is -3.87. The predicted octanol–water partition coefficient (Wildman–Crippen LogP) is 4.33. The number of carbonyl (C=O) groups is 1. The number of ether oxygens (including phenoxy) is 5. The molecule has 0 aliphatic rings. The van der Waals surface area contributed by atoms with Gasteiger partial charge in [0.15, 0.2) is 28.8 Å². The van der Waals surface area contributed by atoms with Gasteiger partial charge in [-0.1, -0.05) is 6.07 Å². The van der Waals surface area contributed by atoms with Gasteiger partial charge < -0.3 is 28.8 Å². The summed E-state index contributed by atoms with van der Waals surface area (Å²) in [6.07, 6.45) is 0. The highest BCUT2D eigenvalue weighted by Crippen LogP contribution is 2.40. The maximum Gasteiger partial charge on any atom is 0.203 e. The summed E-state index contributed by atoms with van der Waals surface area (Å²) in [5.74, 6) is 1.78. The van der Waals surface area contributed by atoms with Crippen LogP contribution in [0.2, 0.25) is 0 Å². The molecule has 3 rings (SSSR count). The standard InChI is InChI=1S/C24H24O7/c1-27-16-7-8-17(18(13-16)14-6-9-20(28-2)19(25)10-14)23(26)15-11-21(29-3)24(31-5)22(12-15)30-4/h6-13,25H,1-5H3. The molecule has 0 amide bonds. The summed E-state index contributed by atoms with van der Waals surface area (Å²) in [6.45, 7) is 0. The highest BCUT2D eigenvalue weighted by Gasteiger charge is 2.21. The second-order valence-electron chi connectivity index (χ2n) is 6.54. The van der Waals surface area contributed by atoms with Crippen molar-refractivity contribution in [2.75, 3.05) is 35.5 Å². The van der Waals surface area contributed by atoms with Gasteiger partial charge in [0.1, 0.15) is 5.75 Å². The Labute approximate surface area is 180 Å². The highest BCUT2D eigenvalue weighted by molar-refractivity contribution is 6.13. The summed E-state index contributed by atoms with van der Waals surface area (Å²) in [7, 11) is 7.50. The number of phenolic OH excluding ortho intramolecular Hbond substituents is 1. The van der Waals surface area contributed by atoms with E-state index < -0.39 is 0 Å². The van der Waals surface area contributed by atoms with Crippen LogP contribution >= 0.6 is 0 Å². The van der Waals surface area contributed by atoms with Crippen LogP contribution in [0.25, 0.3) is 11.1 Å². The van der Waals surface area contributed by atoms with Crippen molar-refractivity contribution in [1.82, 2.24) is 0 Å². The fourth-order valence-electron chi connectivity index (χ4n) is 3.31. The molecule has 0 aromatic heterocycles. The van der Waals surface area contributed by atoms with Crippen LogP contribution in [0.3, 0.4) is 0 Å². The van der Waals surface area contributed by atoms with Crippen molar-refractivity contribution in [2.45, 2.75) is 0 Å². The molecule has 0 radical (unpaired) electrons. The molecule has 0 unspecified atom stereocenters. The van der Waals surface area contributed by atoms with Crippen LogP contribution in [-0.2, 0) is 0 Å². The number of ketones is 1. The van der Waals surface area contributed by atoms with Crippen molar-refractivity contribution in [2.24, 2.45) is 0 Å². The molecular weight excluding hydrogens is 400 g/mol. The minimum Gasteiger partial charge on any atom is -0.504 e. The summed E-state index contributed by atoms with van der Waals surface area (Å²) in [4.78, 5) is 13.5. The third kappa shape index (κ3) is 4.21. The second kappa shape index (κ2) is 9.30. The number of hydrogen-bond donors (Lipinski definition) is 1. The summed E-state index contributed by atoms with van der Waals surface area (Å²) in [6, 6.07) is 13.3. The lowest BCUT2D eigenvalue weighted by Gasteiger charge is -2.16. The normalized spacial score (nSPS) is 10.4. The Bertz CT molecular complexity index is 1080. The van der Waals surface area contributed by atoms with Gasteiger partial charge in [-0.3, -0.25) is 4.79 Å². The van der Waals surface area contributed by atoms with Gasteiger partial charge in [-0.05, 0) is 53.6 Å². The van der Waals surface area contributed by atoms with Crippen LogP contribution in [0.1, 0.15) is 15.9 Å². The monoisotopic (exact) mass is 424 g/mol. The maximum absolute atomic E-state index is 13.5. The minimum atomic E-state index is -0.257. The van der Waals surface area contributed by atoms with Crippen molar-refractivity contribution in [3.05, 3.63) is 59.7 Å². The van der Waals surface area contributed by atoms with Gasteiger partial charge in [-0.15, -0.1) is 0 Å².